The topological polar surface area (TPSA) is 41.9 Å². The molecule has 2 aliphatic rings. The van der Waals surface area contributed by atoms with Gasteiger partial charge < -0.3 is 4.90 Å². The van der Waals surface area contributed by atoms with Crippen LogP contribution >= 0.6 is 11.3 Å². The van der Waals surface area contributed by atoms with E-state index < -0.39 is 0 Å². The lowest BCUT2D eigenvalue weighted by Gasteiger charge is -2.16. The first-order valence-electron chi connectivity index (χ1n) is 9.08. The van der Waals surface area contributed by atoms with Crippen LogP contribution in [0.25, 0.3) is 20.4 Å². The molecule has 3 aromatic heterocycles. The van der Waals surface area contributed by atoms with Gasteiger partial charge in [0.05, 0.1) is 10.2 Å². The molecule has 3 aromatic rings. The fraction of sp³-hybridized carbons (Fsp3) is 0.526. The summed E-state index contributed by atoms with van der Waals surface area (Å²) in [5.74, 6) is 1.61. The van der Waals surface area contributed by atoms with Gasteiger partial charge in [-0.25, -0.2) is 15.0 Å². The third-order valence-corrected chi connectivity index (χ3v) is 6.51. The van der Waals surface area contributed by atoms with E-state index in [0.717, 1.165) is 29.3 Å². The van der Waals surface area contributed by atoms with Crippen LogP contribution in [0, 0.1) is 0 Å². The number of aromatic nitrogens is 3. The molecule has 0 aromatic carbocycles. The van der Waals surface area contributed by atoms with Crippen molar-refractivity contribution in [1.82, 2.24) is 15.0 Å². The zero-order chi connectivity index (χ0) is 16.3. The predicted molar refractivity (Wildman–Crippen MR) is 100 cm³/mol. The van der Waals surface area contributed by atoms with Crippen molar-refractivity contribution in [3.63, 3.8) is 0 Å². The maximum absolute atomic E-state index is 5.08. The average Bonchev–Trinajstić information content (AvgIpc) is 3.30. The van der Waals surface area contributed by atoms with Crippen molar-refractivity contribution >= 4 is 37.6 Å². The molecule has 4 heterocycles. The van der Waals surface area contributed by atoms with Gasteiger partial charge in [0.1, 0.15) is 17.0 Å². The van der Waals surface area contributed by atoms with Crippen molar-refractivity contribution in [3.8, 4) is 0 Å². The molecule has 0 radical (unpaired) electrons. The quantitative estimate of drug-likeness (QED) is 0.692. The largest absolute Gasteiger partial charge is 0.355 e. The summed E-state index contributed by atoms with van der Waals surface area (Å²) >= 11 is 1.79. The molecule has 124 valence electrons. The van der Waals surface area contributed by atoms with E-state index in [4.69, 9.17) is 4.98 Å². The van der Waals surface area contributed by atoms with Gasteiger partial charge in [0, 0.05) is 24.2 Å². The molecular formula is C19H22N4S. The summed E-state index contributed by atoms with van der Waals surface area (Å²) in [6.45, 7) is 6.75. The van der Waals surface area contributed by atoms with E-state index in [1.807, 2.05) is 0 Å². The van der Waals surface area contributed by atoms with E-state index in [0.29, 0.717) is 5.92 Å². The van der Waals surface area contributed by atoms with E-state index in [1.54, 1.807) is 17.7 Å². The van der Waals surface area contributed by atoms with Gasteiger partial charge in [0.15, 0.2) is 0 Å². The van der Waals surface area contributed by atoms with Gasteiger partial charge in [-0.05, 0) is 49.1 Å². The SMILES string of the molecule is CC(C)c1nc2sc3c(N4CCCC4)ncnc3c2c2c1CCC2. The summed E-state index contributed by atoms with van der Waals surface area (Å²) in [5.41, 5.74) is 5.45. The first kappa shape index (κ1) is 14.6. The molecule has 0 spiro atoms. The monoisotopic (exact) mass is 338 g/mol. The van der Waals surface area contributed by atoms with Gasteiger partial charge >= 0.3 is 0 Å². The van der Waals surface area contributed by atoms with E-state index in [-0.39, 0.29) is 0 Å². The van der Waals surface area contributed by atoms with Crippen molar-refractivity contribution in [2.75, 3.05) is 18.0 Å². The minimum Gasteiger partial charge on any atom is -0.355 e. The lowest BCUT2D eigenvalue weighted by Crippen LogP contribution is -2.18. The first-order valence-corrected chi connectivity index (χ1v) is 9.89. The van der Waals surface area contributed by atoms with Crippen LogP contribution in [0.3, 0.4) is 0 Å². The highest BCUT2D eigenvalue weighted by atomic mass is 32.1. The van der Waals surface area contributed by atoms with Crippen LogP contribution in [-0.2, 0) is 12.8 Å². The smallest absolute Gasteiger partial charge is 0.150 e. The third kappa shape index (κ3) is 2.00. The Kier molecular flexibility index (Phi) is 3.27. The van der Waals surface area contributed by atoms with Gasteiger partial charge in [-0.15, -0.1) is 11.3 Å². The highest BCUT2D eigenvalue weighted by Crippen LogP contribution is 2.43. The number of nitrogens with zero attached hydrogens (tertiary/aromatic N) is 4. The molecule has 5 heteroatoms. The molecule has 1 aliphatic heterocycles. The van der Waals surface area contributed by atoms with Gasteiger partial charge in [-0.3, -0.25) is 0 Å². The normalized spacial score (nSPS) is 17.5. The van der Waals surface area contributed by atoms with Crippen LogP contribution in [0.5, 0.6) is 0 Å². The fourth-order valence-corrected chi connectivity index (χ4v) is 5.53. The summed E-state index contributed by atoms with van der Waals surface area (Å²) in [5, 5.41) is 1.31. The number of fused-ring (bicyclic) bond motifs is 5. The summed E-state index contributed by atoms with van der Waals surface area (Å²) < 4.78 is 1.23. The molecule has 0 amide bonds. The van der Waals surface area contributed by atoms with Crippen LogP contribution in [-0.4, -0.2) is 28.0 Å². The second-order valence-corrected chi connectivity index (χ2v) is 8.31. The second kappa shape index (κ2) is 5.38. The molecule has 5 rings (SSSR count). The molecule has 0 N–H and O–H groups in total. The number of hydrogen-bond acceptors (Lipinski definition) is 5. The lowest BCUT2D eigenvalue weighted by atomic mass is 9.99. The maximum atomic E-state index is 5.08. The lowest BCUT2D eigenvalue weighted by molar-refractivity contribution is 0.805. The Hall–Kier alpha value is -1.75. The molecule has 0 bridgehead atoms. The molecule has 0 unspecified atom stereocenters. The third-order valence-electron chi connectivity index (χ3n) is 5.44. The predicted octanol–water partition coefficient (Wildman–Crippen LogP) is 4.45. The fourth-order valence-electron chi connectivity index (χ4n) is 4.35. The van der Waals surface area contributed by atoms with Crippen molar-refractivity contribution in [3.05, 3.63) is 23.1 Å². The molecule has 0 atom stereocenters. The number of aryl methyl sites for hydroxylation is 1. The Bertz CT molecular complexity index is 938. The Morgan fingerprint density at radius 2 is 1.83 bits per heavy atom. The van der Waals surface area contributed by atoms with E-state index in [1.165, 1.54) is 59.0 Å². The van der Waals surface area contributed by atoms with Crippen molar-refractivity contribution in [2.45, 2.75) is 51.9 Å². The molecule has 4 nitrogen and oxygen atoms in total. The summed E-state index contributed by atoms with van der Waals surface area (Å²) in [7, 11) is 0. The van der Waals surface area contributed by atoms with Crippen LogP contribution in [0.4, 0.5) is 5.82 Å². The molecule has 1 aliphatic carbocycles. The molecule has 1 fully saturated rings. The minimum atomic E-state index is 0.482. The zero-order valence-electron chi connectivity index (χ0n) is 14.3. The van der Waals surface area contributed by atoms with Crippen LogP contribution in [0.2, 0.25) is 0 Å². The van der Waals surface area contributed by atoms with Gasteiger partial charge in [0.25, 0.3) is 0 Å². The van der Waals surface area contributed by atoms with Gasteiger partial charge in [-0.1, -0.05) is 13.8 Å². The molecular weight excluding hydrogens is 316 g/mol. The van der Waals surface area contributed by atoms with Crippen molar-refractivity contribution in [1.29, 1.82) is 0 Å². The van der Waals surface area contributed by atoms with E-state index in [9.17, 15) is 0 Å². The number of pyridine rings is 1. The number of rotatable bonds is 2. The average molecular weight is 338 g/mol. The Morgan fingerprint density at radius 3 is 2.62 bits per heavy atom. The standard InChI is InChI=1S/C19H22N4S/c1-11(2)15-13-7-5-6-12(13)14-16-17(24-19(14)22-15)18(21-10-20-16)23-8-3-4-9-23/h10-11H,3-9H2,1-2H3. The van der Waals surface area contributed by atoms with Gasteiger partial charge in [-0.2, -0.15) is 0 Å². The Balaban J connectivity index is 1.84. The highest BCUT2D eigenvalue weighted by Gasteiger charge is 2.26. The maximum Gasteiger partial charge on any atom is 0.150 e. The van der Waals surface area contributed by atoms with E-state index in [2.05, 4.69) is 28.7 Å². The summed E-state index contributed by atoms with van der Waals surface area (Å²) in [6, 6.07) is 0. The molecule has 0 saturated carbocycles. The second-order valence-electron chi connectivity index (χ2n) is 7.31. The Labute approximate surface area is 145 Å². The minimum absolute atomic E-state index is 0.482. The molecule has 24 heavy (non-hydrogen) atoms. The summed E-state index contributed by atoms with van der Waals surface area (Å²) in [4.78, 5) is 18.0. The van der Waals surface area contributed by atoms with Crippen LogP contribution in [0.15, 0.2) is 6.33 Å². The summed E-state index contributed by atoms with van der Waals surface area (Å²) in [6.07, 6.45) is 7.87. The zero-order valence-corrected chi connectivity index (χ0v) is 15.1. The van der Waals surface area contributed by atoms with Crippen LogP contribution < -0.4 is 4.90 Å². The number of anilines is 1. The van der Waals surface area contributed by atoms with Crippen molar-refractivity contribution in [2.24, 2.45) is 0 Å². The first-order chi connectivity index (χ1) is 11.7. The van der Waals surface area contributed by atoms with Crippen molar-refractivity contribution < 1.29 is 0 Å². The number of hydrogen-bond donors (Lipinski definition) is 0. The Morgan fingerprint density at radius 1 is 1.04 bits per heavy atom. The van der Waals surface area contributed by atoms with E-state index >= 15 is 0 Å². The van der Waals surface area contributed by atoms with Gasteiger partial charge in [0.2, 0.25) is 0 Å². The highest BCUT2D eigenvalue weighted by molar-refractivity contribution is 7.26. The molecule has 1 saturated heterocycles. The number of thiophene rings is 1. The van der Waals surface area contributed by atoms with Crippen LogP contribution in [0.1, 0.15) is 55.8 Å².